The van der Waals surface area contributed by atoms with Crippen molar-refractivity contribution in [3.63, 3.8) is 0 Å². The van der Waals surface area contributed by atoms with Crippen LogP contribution in [0.15, 0.2) is 6.07 Å². The Morgan fingerprint density at radius 2 is 2.06 bits per heavy atom. The number of likely N-dealkylation sites (N-methyl/N-ethyl adjacent to an activating group) is 1. The molecule has 1 atom stereocenters. The third-order valence-corrected chi connectivity index (χ3v) is 4.16. The number of amides is 1. The summed E-state index contributed by atoms with van der Waals surface area (Å²) in [5.41, 5.74) is 2.97. The Morgan fingerprint density at radius 1 is 1.28 bits per heavy atom. The predicted octanol–water partition coefficient (Wildman–Crippen LogP) is 1.72. The first-order valence-electron chi connectivity index (χ1n) is 6.58. The van der Waals surface area contributed by atoms with Crippen molar-refractivity contribution >= 4 is 11.7 Å². The number of hydrogen-bond donors (Lipinski definition) is 0. The van der Waals surface area contributed by atoms with Gasteiger partial charge in [0.25, 0.3) is 0 Å². The first kappa shape index (κ1) is 11.5. The molecule has 1 aliphatic carbocycles. The molecule has 2 heterocycles. The van der Waals surface area contributed by atoms with Gasteiger partial charge in [-0.3, -0.25) is 9.59 Å². The highest BCUT2D eigenvalue weighted by molar-refractivity contribution is 5.98. The van der Waals surface area contributed by atoms with E-state index in [0.717, 1.165) is 42.8 Å². The van der Waals surface area contributed by atoms with Crippen LogP contribution in [0.3, 0.4) is 0 Å². The maximum absolute atomic E-state index is 12.1. The Kier molecular flexibility index (Phi) is 2.54. The van der Waals surface area contributed by atoms with Crippen LogP contribution >= 0.6 is 0 Å². The summed E-state index contributed by atoms with van der Waals surface area (Å²) in [5, 5.41) is 0. The highest BCUT2D eigenvalue weighted by Gasteiger charge is 2.34. The number of aryl methyl sites for hydroxylation is 1. The van der Waals surface area contributed by atoms with Gasteiger partial charge in [-0.1, -0.05) is 0 Å². The van der Waals surface area contributed by atoms with E-state index in [2.05, 4.69) is 4.57 Å². The molecule has 1 unspecified atom stereocenters. The van der Waals surface area contributed by atoms with E-state index in [9.17, 15) is 9.59 Å². The molecule has 0 bridgehead atoms. The summed E-state index contributed by atoms with van der Waals surface area (Å²) in [6.45, 7) is 2.81. The third-order valence-electron chi connectivity index (χ3n) is 4.16. The van der Waals surface area contributed by atoms with E-state index in [4.69, 9.17) is 0 Å². The molecule has 0 radical (unpaired) electrons. The van der Waals surface area contributed by atoms with E-state index >= 15 is 0 Å². The molecule has 2 aliphatic rings. The van der Waals surface area contributed by atoms with Crippen LogP contribution in [0.1, 0.15) is 47.1 Å². The van der Waals surface area contributed by atoms with Crippen molar-refractivity contribution in [2.75, 3.05) is 13.6 Å². The predicted molar refractivity (Wildman–Crippen MR) is 67.7 cm³/mol. The molecule has 1 aromatic heterocycles. The number of likely N-dealkylation sites (tertiary alicyclic amines) is 1. The molecule has 96 valence electrons. The number of aromatic nitrogens is 1. The van der Waals surface area contributed by atoms with Crippen molar-refractivity contribution in [2.45, 2.75) is 38.6 Å². The molecule has 4 heteroatoms. The second-order valence-electron chi connectivity index (χ2n) is 5.36. The number of carbonyl (C=O) groups is 2. The zero-order valence-electron chi connectivity index (χ0n) is 10.9. The van der Waals surface area contributed by atoms with Crippen LogP contribution in [0.4, 0.5) is 0 Å². The van der Waals surface area contributed by atoms with Crippen molar-refractivity contribution in [3.05, 3.63) is 23.0 Å². The molecular weight excluding hydrogens is 228 g/mol. The van der Waals surface area contributed by atoms with Crippen LogP contribution in [0.2, 0.25) is 0 Å². The summed E-state index contributed by atoms with van der Waals surface area (Å²) in [6.07, 6.45) is 3.33. The molecule has 1 saturated heterocycles. The van der Waals surface area contributed by atoms with Gasteiger partial charge in [-0.25, -0.2) is 0 Å². The smallest absolute Gasteiger partial charge is 0.245 e. The second kappa shape index (κ2) is 3.97. The first-order chi connectivity index (χ1) is 8.59. The molecular formula is C14H18N2O2. The SMILES string of the molecule is Cc1cc2c(n1C1CCN(C)C1=O)CCCC2=O. The van der Waals surface area contributed by atoms with E-state index in [1.165, 1.54) is 0 Å². The van der Waals surface area contributed by atoms with Gasteiger partial charge in [0.1, 0.15) is 6.04 Å². The molecule has 1 fully saturated rings. The summed E-state index contributed by atoms with van der Waals surface area (Å²) < 4.78 is 2.11. The molecule has 18 heavy (non-hydrogen) atoms. The summed E-state index contributed by atoms with van der Waals surface area (Å²) in [7, 11) is 1.85. The fourth-order valence-electron chi connectivity index (χ4n) is 3.23. The van der Waals surface area contributed by atoms with Crippen LogP contribution < -0.4 is 0 Å². The number of nitrogens with zero attached hydrogens (tertiary/aromatic N) is 2. The van der Waals surface area contributed by atoms with Crippen LogP contribution in [-0.2, 0) is 11.2 Å². The topological polar surface area (TPSA) is 42.3 Å². The van der Waals surface area contributed by atoms with Gasteiger partial charge in [0.15, 0.2) is 5.78 Å². The van der Waals surface area contributed by atoms with Crippen LogP contribution in [0, 0.1) is 6.92 Å². The monoisotopic (exact) mass is 246 g/mol. The Hall–Kier alpha value is -1.58. The number of ketones is 1. The van der Waals surface area contributed by atoms with E-state index in [-0.39, 0.29) is 17.7 Å². The van der Waals surface area contributed by atoms with Gasteiger partial charge < -0.3 is 9.47 Å². The van der Waals surface area contributed by atoms with E-state index in [1.54, 1.807) is 4.90 Å². The summed E-state index contributed by atoms with van der Waals surface area (Å²) >= 11 is 0. The summed E-state index contributed by atoms with van der Waals surface area (Å²) in [4.78, 5) is 25.8. The number of fused-ring (bicyclic) bond motifs is 1. The molecule has 1 aromatic rings. The van der Waals surface area contributed by atoms with Crippen molar-refractivity contribution in [1.82, 2.24) is 9.47 Å². The molecule has 4 nitrogen and oxygen atoms in total. The molecule has 0 aromatic carbocycles. The third kappa shape index (κ3) is 1.51. The van der Waals surface area contributed by atoms with Crippen molar-refractivity contribution in [1.29, 1.82) is 0 Å². The molecule has 0 N–H and O–H groups in total. The number of rotatable bonds is 1. The normalized spacial score (nSPS) is 23.7. The van der Waals surface area contributed by atoms with Crippen LogP contribution in [-0.4, -0.2) is 34.7 Å². The van der Waals surface area contributed by atoms with Crippen LogP contribution in [0.5, 0.6) is 0 Å². The van der Waals surface area contributed by atoms with E-state index < -0.39 is 0 Å². The lowest BCUT2D eigenvalue weighted by atomic mass is 9.96. The van der Waals surface area contributed by atoms with Crippen molar-refractivity contribution in [3.8, 4) is 0 Å². The highest BCUT2D eigenvalue weighted by atomic mass is 16.2. The maximum atomic E-state index is 12.1. The number of carbonyl (C=O) groups excluding carboxylic acids is 2. The highest BCUT2D eigenvalue weighted by Crippen LogP contribution is 2.32. The zero-order chi connectivity index (χ0) is 12.9. The lowest BCUT2D eigenvalue weighted by Crippen LogP contribution is -2.26. The molecule has 1 amide bonds. The average molecular weight is 246 g/mol. The fraction of sp³-hybridized carbons (Fsp3) is 0.571. The largest absolute Gasteiger partial charge is 0.344 e. The van der Waals surface area contributed by atoms with E-state index in [1.807, 2.05) is 20.0 Å². The maximum Gasteiger partial charge on any atom is 0.245 e. The minimum Gasteiger partial charge on any atom is -0.344 e. The van der Waals surface area contributed by atoms with Gasteiger partial charge in [0.05, 0.1) is 0 Å². The van der Waals surface area contributed by atoms with Gasteiger partial charge >= 0.3 is 0 Å². The zero-order valence-corrected chi connectivity index (χ0v) is 10.9. The molecule has 1 aliphatic heterocycles. The van der Waals surface area contributed by atoms with Gasteiger partial charge in [0, 0.05) is 37.0 Å². The lowest BCUT2D eigenvalue weighted by molar-refractivity contribution is -0.129. The van der Waals surface area contributed by atoms with Gasteiger partial charge in [-0.15, -0.1) is 0 Å². The van der Waals surface area contributed by atoms with Crippen molar-refractivity contribution < 1.29 is 9.59 Å². The Labute approximate surface area is 107 Å². The Balaban J connectivity index is 2.08. The molecule has 0 spiro atoms. The van der Waals surface area contributed by atoms with Gasteiger partial charge in [0.2, 0.25) is 5.91 Å². The van der Waals surface area contributed by atoms with Crippen molar-refractivity contribution in [2.24, 2.45) is 0 Å². The lowest BCUT2D eigenvalue weighted by Gasteiger charge is -2.20. The Morgan fingerprint density at radius 3 is 2.72 bits per heavy atom. The minimum absolute atomic E-state index is 0.0929. The fourth-order valence-corrected chi connectivity index (χ4v) is 3.23. The van der Waals surface area contributed by atoms with Gasteiger partial charge in [-0.2, -0.15) is 0 Å². The van der Waals surface area contributed by atoms with E-state index in [0.29, 0.717) is 6.42 Å². The molecule has 0 saturated carbocycles. The summed E-state index contributed by atoms with van der Waals surface area (Å²) in [6, 6.07) is 1.87. The second-order valence-corrected chi connectivity index (χ2v) is 5.36. The van der Waals surface area contributed by atoms with Gasteiger partial charge in [-0.05, 0) is 32.3 Å². The average Bonchev–Trinajstić information content (AvgIpc) is 2.83. The Bertz CT molecular complexity index is 530. The number of Topliss-reactive ketones (excluding diaryl/α,β-unsaturated/α-hetero) is 1. The quantitative estimate of drug-likeness (QED) is 0.757. The minimum atomic E-state index is -0.0929. The molecule has 3 rings (SSSR count). The van der Waals surface area contributed by atoms with Crippen LogP contribution in [0.25, 0.3) is 0 Å². The first-order valence-corrected chi connectivity index (χ1v) is 6.58. The summed E-state index contributed by atoms with van der Waals surface area (Å²) in [5.74, 6) is 0.409. The number of hydrogen-bond acceptors (Lipinski definition) is 2. The standard InChI is InChI=1S/C14H18N2O2/c1-9-8-10-11(4-3-5-13(10)17)16(9)12-6-7-15(2)14(12)18/h8,12H,3-7H2,1-2H3.